The van der Waals surface area contributed by atoms with Crippen molar-refractivity contribution in [2.45, 2.75) is 25.4 Å². The maximum atomic E-state index is 12.6. The van der Waals surface area contributed by atoms with Gasteiger partial charge in [0.05, 0.1) is 12.1 Å². The van der Waals surface area contributed by atoms with Crippen LogP contribution in [0, 0.1) is 5.92 Å². The van der Waals surface area contributed by atoms with Crippen molar-refractivity contribution in [1.29, 1.82) is 0 Å². The first-order chi connectivity index (χ1) is 12.9. The molecule has 28 heavy (non-hydrogen) atoms. The van der Waals surface area contributed by atoms with Crippen LogP contribution in [0.25, 0.3) is 0 Å². The fourth-order valence-electron chi connectivity index (χ4n) is 2.14. The lowest BCUT2D eigenvalue weighted by Gasteiger charge is -2.13. The number of alkyl halides is 3. The summed E-state index contributed by atoms with van der Waals surface area (Å²) >= 11 is 5.78. The minimum Gasteiger partial charge on any atom is -0.475 e. The summed E-state index contributed by atoms with van der Waals surface area (Å²) in [5, 5.41) is 6.00. The van der Waals surface area contributed by atoms with Crippen molar-refractivity contribution in [3.63, 3.8) is 0 Å². The number of nitrogens with one attached hydrogen (secondary N) is 2. The summed E-state index contributed by atoms with van der Waals surface area (Å²) in [7, 11) is 1.65. The van der Waals surface area contributed by atoms with Crippen molar-refractivity contribution in [2.75, 3.05) is 40.0 Å². The lowest BCUT2D eigenvalue weighted by atomic mass is 10.3. The van der Waals surface area contributed by atoms with Crippen LogP contribution in [-0.2, 0) is 10.9 Å². The highest BCUT2D eigenvalue weighted by atomic mass is 127. The fraction of sp³-hybridized carbons (Fsp3) is 0.647. The maximum absolute atomic E-state index is 12.6. The van der Waals surface area contributed by atoms with Crippen molar-refractivity contribution in [1.82, 2.24) is 15.6 Å². The van der Waals surface area contributed by atoms with E-state index in [2.05, 4.69) is 20.6 Å². The molecule has 2 N–H and O–H groups in total. The molecule has 0 aromatic carbocycles. The molecule has 0 spiro atoms. The molecule has 1 fully saturated rings. The predicted octanol–water partition coefficient (Wildman–Crippen LogP) is 3.73. The van der Waals surface area contributed by atoms with Crippen LogP contribution in [0.4, 0.5) is 13.2 Å². The summed E-state index contributed by atoms with van der Waals surface area (Å²) in [5.74, 6) is 1.33. The highest BCUT2D eigenvalue weighted by Crippen LogP contribution is 2.33. The van der Waals surface area contributed by atoms with Crippen LogP contribution >= 0.6 is 35.6 Å². The summed E-state index contributed by atoms with van der Waals surface area (Å²) in [6, 6.07) is 0.795. The minimum atomic E-state index is -4.49. The molecule has 0 saturated heterocycles. The monoisotopic (exact) mass is 536 g/mol. The number of halogens is 5. The molecular weight excluding hydrogens is 512 g/mol. The van der Waals surface area contributed by atoms with Gasteiger partial charge in [0.2, 0.25) is 5.88 Å². The van der Waals surface area contributed by atoms with Crippen LogP contribution in [0.2, 0.25) is 5.02 Å². The van der Waals surface area contributed by atoms with Crippen molar-refractivity contribution in [3.8, 4) is 5.88 Å². The number of nitrogens with zero attached hydrogens (tertiary/aromatic N) is 2. The highest BCUT2D eigenvalue weighted by Gasteiger charge is 2.31. The van der Waals surface area contributed by atoms with Gasteiger partial charge in [-0.2, -0.15) is 13.2 Å². The lowest BCUT2D eigenvalue weighted by Crippen LogP contribution is -2.40. The number of hydrogen-bond donors (Lipinski definition) is 2. The Morgan fingerprint density at radius 3 is 2.61 bits per heavy atom. The number of guanidine groups is 1. The molecule has 160 valence electrons. The largest absolute Gasteiger partial charge is 0.475 e. The predicted molar refractivity (Wildman–Crippen MR) is 113 cm³/mol. The lowest BCUT2D eigenvalue weighted by molar-refractivity contribution is -0.137. The zero-order chi connectivity index (χ0) is 19.7. The molecule has 6 nitrogen and oxygen atoms in total. The van der Waals surface area contributed by atoms with Crippen LogP contribution in [-0.4, -0.2) is 50.9 Å². The highest BCUT2D eigenvalue weighted by molar-refractivity contribution is 14.0. The van der Waals surface area contributed by atoms with Gasteiger partial charge in [-0.25, -0.2) is 4.98 Å². The van der Waals surface area contributed by atoms with Crippen LogP contribution < -0.4 is 15.4 Å². The van der Waals surface area contributed by atoms with Gasteiger partial charge in [0.15, 0.2) is 5.96 Å². The van der Waals surface area contributed by atoms with E-state index in [-0.39, 0.29) is 41.5 Å². The SMILES string of the molecule is CN=C(NCCCOCC1CC1)NCCOc1ncc(C(F)(F)F)cc1Cl.I. The molecule has 0 amide bonds. The van der Waals surface area contributed by atoms with Crippen LogP contribution in [0.15, 0.2) is 17.3 Å². The molecule has 0 atom stereocenters. The molecule has 0 radical (unpaired) electrons. The molecule has 1 aliphatic rings. The van der Waals surface area contributed by atoms with Gasteiger partial charge >= 0.3 is 6.18 Å². The third-order valence-corrected chi connectivity index (χ3v) is 4.07. The maximum Gasteiger partial charge on any atom is 0.417 e. The topological polar surface area (TPSA) is 67.8 Å². The second-order valence-corrected chi connectivity index (χ2v) is 6.56. The van der Waals surface area contributed by atoms with Gasteiger partial charge in [0, 0.05) is 33.0 Å². The Morgan fingerprint density at radius 2 is 2.00 bits per heavy atom. The van der Waals surface area contributed by atoms with Crippen molar-refractivity contribution >= 4 is 41.5 Å². The van der Waals surface area contributed by atoms with Crippen LogP contribution in [0.1, 0.15) is 24.8 Å². The minimum absolute atomic E-state index is 0. The molecule has 2 rings (SSSR count). The third kappa shape index (κ3) is 9.46. The first kappa shape index (κ1) is 25.0. The molecule has 11 heteroatoms. The Kier molecular flexibility index (Phi) is 11.2. The van der Waals surface area contributed by atoms with Gasteiger partial charge in [-0.05, 0) is 31.2 Å². The van der Waals surface area contributed by atoms with E-state index in [9.17, 15) is 13.2 Å². The normalized spacial score (nSPS) is 14.4. The first-order valence-corrected chi connectivity index (χ1v) is 9.15. The van der Waals surface area contributed by atoms with Crippen molar-refractivity contribution < 1.29 is 22.6 Å². The van der Waals surface area contributed by atoms with Crippen LogP contribution in [0.3, 0.4) is 0 Å². The Bertz CT molecular complexity index is 631. The second kappa shape index (κ2) is 12.5. The standard InChI is InChI=1S/C17H24ClF3N4O2.HI/c1-22-16(23-5-2-7-26-11-12-3-4-12)24-6-8-27-15-14(18)9-13(10-25-15)17(19,20)21;/h9-10,12H,2-8,11H2,1H3,(H2,22,23,24);1H. The van der Waals surface area contributed by atoms with Gasteiger partial charge in [-0.15, -0.1) is 24.0 Å². The van der Waals surface area contributed by atoms with E-state index in [1.165, 1.54) is 12.8 Å². The van der Waals surface area contributed by atoms with Gasteiger partial charge in [0.1, 0.15) is 11.6 Å². The Hall–Kier alpha value is -1.01. The number of hydrogen-bond acceptors (Lipinski definition) is 4. The summed E-state index contributed by atoms with van der Waals surface area (Å²) < 4.78 is 48.6. The summed E-state index contributed by atoms with van der Waals surface area (Å²) in [4.78, 5) is 7.69. The number of ether oxygens (including phenoxy) is 2. The Labute approximate surface area is 184 Å². The quantitative estimate of drug-likeness (QED) is 0.206. The average molecular weight is 537 g/mol. The molecule has 0 bridgehead atoms. The summed E-state index contributed by atoms with van der Waals surface area (Å²) in [6.07, 6.45) is -0.360. The molecule has 1 aromatic heterocycles. The molecule has 1 aliphatic carbocycles. The molecular formula is C17H25ClF3IN4O2. The first-order valence-electron chi connectivity index (χ1n) is 8.78. The fourth-order valence-corrected chi connectivity index (χ4v) is 2.36. The smallest absolute Gasteiger partial charge is 0.417 e. The second-order valence-electron chi connectivity index (χ2n) is 6.15. The van der Waals surface area contributed by atoms with Gasteiger partial charge in [-0.1, -0.05) is 11.6 Å². The van der Waals surface area contributed by atoms with Gasteiger partial charge in [0.25, 0.3) is 0 Å². The van der Waals surface area contributed by atoms with E-state index in [0.717, 1.165) is 31.6 Å². The van der Waals surface area contributed by atoms with E-state index in [4.69, 9.17) is 21.1 Å². The summed E-state index contributed by atoms with van der Waals surface area (Å²) in [5.41, 5.74) is -0.913. The van der Waals surface area contributed by atoms with E-state index < -0.39 is 11.7 Å². The number of aromatic nitrogens is 1. The molecule has 1 aromatic rings. The molecule has 1 heterocycles. The van der Waals surface area contributed by atoms with Crippen LogP contribution in [0.5, 0.6) is 5.88 Å². The number of aliphatic imine (C=N–C) groups is 1. The van der Waals surface area contributed by atoms with Crippen molar-refractivity contribution in [3.05, 3.63) is 22.8 Å². The average Bonchev–Trinajstić information content (AvgIpc) is 3.44. The number of pyridine rings is 1. The molecule has 0 aliphatic heterocycles. The third-order valence-electron chi connectivity index (χ3n) is 3.80. The van der Waals surface area contributed by atoms with Gasteiger partial charge in [-0.3, -0.25) is 4.99 Å². The van der Waals surface area contributed by atoms with Gasteiger partial charge < -0.3 is 20.1 Å². The summed E-state index contributed by atoms with van der Waals surface area (Å²) in [6.45, 7) is 2.84. The molecule has 1 saturated carbocycles. The Morgan fingerprint density at radius 1 is 1.29 bits per heavy atom. The van der Waals surface area contributed by atoms with E-state index >= 15 is 0 Å². The van der Waals surface area contributed by atoms with E-state index in [1.54, 1.807) is 7.05 Å². The van der Waals surface area contributed by atoms with E-state index in [0.29, 0.717) is 25.3 Å². The zero-order valence-electron chi connectivity index (χ0n) is 15.5. The Balaban J connectivity index is 0.00000392. The van der Waals surface area contributed by atoms with E-state index in [1.807, 2.05) is 0 Å². The zero-order valence-corrected chi connectivity index (χ0v) is 18.6. The number of rotatable bonds is 10. The van der Waals surface area contributed by atoms with Crippen molar-refractivity contribution in [2.24, 2.45) is 10.9 Å². The molecule has 0 unspecified atom stereocenters.